The summed E-state index contributed by atoms with van der Waals surface area (Å²) < 4.78 is 13.2. The zero-order valence-electron chi connectivity index (χ0n) is 13.5. The first-order valence-electron chi connectivity index (χ1n) is 8.12. The van der Waals surface area contributed by atoms with E-state index in [2.05, 4.69) is 5.32 Å². The molecule has 0 saturated carbocycles. The van der Waals surface area contributed by atoms with E-state index in [4.69, 9.17) is 11.6 Å². The first kappa shape index (κ1) is 17.4. The second-order valence-electron chi connectivity index (χ2n) is 5.92. The van der Waals surface area contributed by atoms with Crippen molar-refractivity contribution in [3.05, 3.63) is 70.5 Å². The van der Waals surface area contributed by atoms with Gasteiger partial charge in [-0.15, -0.1) is 0 Å². The van der Waals surface area contributed by atoms with Crippen molar-refractivity contribution < 1.29 is 14.0 Å². The lowest BCUT2D eigenvalue weighted by Gasteiger charge is -2.35. The van der Waals surface area contributed by atoms with Gasteiger partial charge in [-0.1, -0.05) is 41.9 Å². The fourth-order valence-corrected chi connectivity index (χ4v) is 3.23. The van der Waals surface area contributed by atoms with Gasteiger partial charge in [0.15, 0.2) is 0 Å². The maximum absolute atomic E-state index is 13.2. The number of hydrogen-bond acceptors (Lipinski definition) is 2. The van der Waals surface area contributed by atoms with E-state index in [1.54, 1.807) is 23.1 Å². The smallest absolute Gasteiger partial charge is 0.247 e. The van der Waals surface area contributed by atoms with Gasteiger partial charge in [-0.25, -0.2) is 4.39 Å². The predicted octanol–water partition coefficient (Wildman–Crippen LogP) is 3.11. The standard InChI is InChI=1S/C19H18ClFN2O2/c20-16-4-2-1-3-13(16)7-10-17(24)23-12-11-22-19(25)18(23)14-5-8-15(21)9-6-14/h1-6,8-9,18H,7,10-12H2,(H,22,25). The van der Waals surface area contributed by atoms with Crippen LogP contribution < -0.4 is 5.32 Å². The summed E-state index contributed by atoms with van der Waals surface area (Å²) >= 11 is 6.13. The van der Waals surface area contributed by atoms with Crippen LogP contribution in [-0.4, -0.2) is 29.8 Å². The Morgan fingerprint density at radius 2 is 1.92 bits per heavy atom. The Hall–Kier alpha value is -2.40. The molecule has 4 nitrogen and oxygen atoms in total. The van der Waals surface area contributed by atoms with Crippen LogP contribution in [0.4, 0.5) is 4.39 Å². The molecule has 0 spiro atoms. The highest BCUT2D eigenvalue weighted by atomic mass is 35.5. The fraction of sp³-hybridized carbons (Fsp3) is 0.263. The summed E-state index contributed by atoms with van der Waals surface area (Å²) in [7, 11) is 0. The molecule has 2 aromatic rings. The van der Waals surface area contributed by atoms with Gasteiger partial charge in [0.05, 0.1) is 0 Å². The minimum absolute atomic E-state index is 0.121. The molecule has 2 amide bonds. The first-order chi connectivity index (χ1) is 12.1. The number of piperazine rings is 1. The number of halogens is 2. The lowest BCUT2D eigenvalue weighted by molar-refractivity contribution is -0.143. The SMILES string of the molecule is O=C1NCCN(C(=O)CCc2ccccc2Cl)C1c1ccc(F)cc1. The van der Waals surface area contributed by atoms with Crippen LogP contribution in [0, 0.1) is 5.82 Å². The number of nitrogens with zero attached hydrogens (tertiary/aromatic N) is 1. The topological polar surface area (TPSA) is 49.4 Å². The van der Waals surface area contributed by atoms with E-state index in [1.807, 2.05) is 18.2 Å². The summed E-state index contributed by atoms with van der Waals surface area (Å²) in [6.07, 6.45) is 0.765. The molecule has 0 aromatic heterocycles. The molecule has 0 bridgehead atoms. The number of benzene rings is 2. The molecule has 25 heavy (non-hydrogen) atoms. The van der Waals surface area contributed by atoms with Crippen molar-refractivity contribution in [2.45, 2.75) is 18.9 Å². The Kier molecular flexibility index (Phi) is 5.34. The lowest BCUT2D eigenvalue weighted by atomic mass is 10.0. The van der Waals surface area contributed by atoms with E-state index in [9.17, 15) is 14.0 Å². The van der Waals surface area contributed by atoms with Crippen LogP contribution >= 0.6 is 11.6 Å². The number of rotatable bonds is 4. The summed E-state index contributed by atoms with van der Waals surface area (Å²) in [6, 6.07) is 12.3. The van der Waals surface area contributed by atoms with Crippen molar-refractivity contribution in [1.29, 1.82) is 0 Å². The maximum atomic E-state index is 13.2. The zero-order valence-corrected chi connectivity index (χ0v) is 14.3. The second-order valence-corrected chi connectivity index (χ2v) is 6.33. The van der Waals surface area contributed by atoms with Crippen LogP contribution in [0.3, 0.4) is 0 Å². The first-order valence-corrected chi connectivity index (χ1v) is 8.50. The molecule has 2 aromatic carbocycles. The van der Waals surface area contributed by atoms with Gasteiger partial charge < -0.3 is 10.2 Å². The Labute approximate surface area is 150 Å². The normalized spacial score (nSPS) is 17.3. The van der Waals surface area contributed by atoms with Crippen LogP contribution in [0.25, 0.3) is 0 Å². The third-order valence-corrected chi connectivity index (χ3v) is 4.65. The van der Waals surface area contributed by atoms with E-state index >= 15 is 0 Å². The van der Waals surface area contributed by atoms with Gasteiger partial charge in [-0.3, -0.25) is 9.59 Å². The van der Waals surface area contributed by atoms with E-state index in [1.165, 1.54) is 12.1 Å². The van der Waals surface area contributed by atoms with E-state index in [0.29, 0.717) is 30.1 Å². The average molecular weight is 361 g/mol. The number of amides is 2. The molecule has 1 aliphatic heterocycles. The highest BCUT2D eigenvalue weighted by molar-refractivity contribution is 6.31. The Morgan fingerprint density at radius 1 is 1.20 bits per heavy atom. The summed E-state index contributed by atoms with van der Waals surface area (Å²) in [5, 5.41) is 3.39. The van der Waals surface area contributed by atoms with Crippen molar-refractivity contribution in [2.75, 3.05) is 13.1 Å². The van der Waals surface area contributed by atoms with Gasteiger partial charge in [0, 0.05) is 24.5 Å². The molecule has 6 heteroatoms. The number of carbonyl (C=O) groups is 2. The Bertz CT molecular complexity index is 779. The van der Waals surface area contributed by atoms with Crippen molar-refractivity contribution in [2.24, 2.45) is 0 Å². The van der Waals surface area contributed by atoms with Gasteiger partial charge in [-0.05, 0) is 35.7 Å². The highest BCUT2D eigenvalue weighted by Gasteiger charge is 2.34. The molecule has 130 valence electrons. The number of aryl methyl sites for hydroxylation is 1. The van der Waals surface area contributed by atoms with Crippen molar-refractivity contribution >= 4 is 23.4 Å². The minimum Gasteiger partial charge on any atom is -0.352 e. The van der Waals surface area contributed by atoms with Gasteiger partial charge >= 0.3 is 0 Å². The van der Waals surface area contributed by atoms with E-state index < -0.39 is 6.04 Å². The molecule has 1 atom stereocenters. The van der Waals surface area contributed by atoms with Gasteiger partial charge in [0.25, 0.3) is 0 Å². The molecule has 1 aliphatic rings. The predicted molar refractivity (Wildman–Crippen MR) is 93.6 cm³/mol. The molecule has 1 heterocycles. The van der Waals surface area contributed by atoms with Gasteiger partial charge in [-0.2, -0.15) is 0 Å². The van der Waals surface area contributed by atoms with Gasteiger partial charge in [0.2, 0.25) is 11.8 Å². The summed E-state index contributed by atoms with van der Waals surface area (Å²) in [4.78, 5) is 26.6. The average Bonchev–Trinajstić information content (AvgIpc) is 2.61. The Morgan fingerprint density at radius 3 is 2.64 bits per heavy atom. The van der Waals surface area contributed by atoms with Crippen molar-refractivity contribution in [3.8, 4) is 0 Å². The van der Waals surface area contributed by atoms with Gasteiger partial charge in [0.1, 0.15) is 11.9 Å². The molecule has 0 aliphatic carbocycles. The van der Waals surface area contributed by atoms with Crippen LogP contribution in [0.15, 0.2) is 48.5 Å². The fourth-order valence-electron chi connectivity index (χ4n) is 3.00. The molecular weight excluding hydrogens is 343 g/mol. The molecular formula is C19H18ClFN2O2. The molecule has 1 saturated heterocycles. The molecule has 1 unspecified atom stereocenters. The number of nitrogens with one attached hydrogen (secondary N) is 1. The van der Waals surface area contributed by atoms with E-state index in [-0.39, 0.29) is 24.1 Å². The molecule has 3 rings (SSSR count). The monoisotopic (exact) mass is 360 g/mol. The maximum Gasteiger partial charge on any atom is 0.247 e. The quantitative estimate of drug-likeness (QED) is 0.910. The van der Waals surface area contributed by atoms with Crippen LogP contribution in [0.5, 0.6) is 0 Å². The number of hydrogen-bond donors (Lipinski definition) is 1. The molecule has 1 N–H and O–H groups in total. The summed E-state index contributed by atoms with van der Waals surface area (Å²) in [5.41, 5.74) is 1.50. The van der Waals surface area contributed by atoms with Crippen molar-refractivity contribution in [1.82, 2.24) is 10.2 Å². The molecule has 0 radical (unpaired) electrons. The highest BCUT2D eigenvalue weighted by Crippen LogP contribution is 2.25. The number of carbonyl (C=O) groups excluding carboxylic acids is 2. The Balaban J connectivity index is 1.75. The van der Waals surface area contributed by atoms with Crippen LogP contribution in [0.1, 0.15) is 23.6 Å². The minimum atomic E-state index is -0.729. The molecule has 1 fully saturated rings. The van der Waals surface area contributed by atoms with Crippen LogP contribution in [0.2, 0.25) is 5.02 Å². The van der Waals surface area contributed by atoms with Crippen LogP contribution in [-0.2, 0) is 16.0 Å². The largest absolute Gasteiger partial charge is 0.352 e. The summed E-state index contributed by atoms with van der Waals surface area (Å²) in [6.45, 7) is 0.837. The summed E-state index contributed by atoms with van der Waals surface area (Å²) in [5.74, 6) is -0.746. The van der Waals surface area contributed by atoms with Crippen molar-refractivity contribution in [3.63, 3.8) is 0 Å². The zero-order chi connectivity index (χ0) is 17.8. The third kappa shape index (κ3) is 3.99. The third-order valence-electron chi connectivity index (χ3n) is 4.28. The second kappa shape index (κ2) is 7.66. The lowest BCUT2D eigenvalue weighted by Crippen LogP contribution is -2.52. The van der Waals surface area contributed by atoms with E-state index in [0.717, 1.165) is 5.56 Å².